The molecule has 4 nitrogen and oxygen atoms in total. The number of carboxylic acid groups (broad SMARTS) is 1. The van der Waals surface area contributed by atoms with Crippen LogP contribution >= 0.6 is 0 Å². The van der Waals surface area contributed by atoms with Crippen molar-refractivity contribution in [1.29, 1.82) is 0 Å². The lowest BCUT2D eigenvalue weighted by molar-refractivity contribution is 0.0684. The standard InChI is InChI=1S/C25H29FN2O2/c1-17-12-13-20-21(15-27-19-9-4-2-3-5-10-19)24(25(29)30)28(23(20)14-17)16-18-8-6-7-11-22(18)26/h6-8,11-14,19,27H,2-5,9-10,15-16H2,1H3,(H,29,30). The summed E-state index contributed by atoms with van der Waals surface area (Å²) in [5.74, 6) is -1.29. The van der Waals surface area contributed by atoms with Crippen molar-refractivity contribution in [3.05, 3.63) is 70.7 Å². The van der Waals surface area contributed by atoms with E-state index in [1.54, 1.807) is 22.8 Å². The van der Waals surface area contributed by atoms with E-state index < -0.39 is 5.97 Å². The minimum Gasteiger partial charge on any atom is -0.477 e. The predicted molar refractivity (Wildman–Crippen MR) is 117 cm³/mol. The molecule has 0 saturated heterocycles. The van der Waals surface area contributed by atoms with Gasteiger partial charge in [0.25, 0.3) is 0 Å². The zero-order chi connectivity index (χ0) is 21.1. The molecule has 0 atom stereocenters. The van der Waals surface area contributed by atoms with E-state index in [0.717, 1.165) is 34.9 Å². The Balaban J connectivity index is 1.76. The zero-order valence-electron chi connectivity index (χ0n) is 17.5. The number of aryl methyl sites for hydroxylation is 1. The number of carboxylic acids is 1. The SMILES string of the molecule is Cc1ccc2c(CNC3CCCCCC3)c(C(=O)O)n(Cc3ccccc3F)c2c1. The van der Waals surface area contributed by atoms with Crippen molar-refractivity contribution in [3.63, 3.8) is 0 Å². The number of aromatic carboxylic acids is 1. The maximum absolute atomic E-state index is 14.4. The van der Waals surface area contributed by atoms with E-state index in [9.17, 15) is 14.3 Å². The predicted octanol–water partition coefficient (Wildman–Crippen LogP) is 5.65. The largest absolute Gasteiger partial charge is 0.477 e. The first-order chi connectivity index (χ1) is 14.5. The first-order valence-corrected chi connectivity index (χ1v) is 10.9. The molecule has 2 N–H and O–H groups in total. The average Bonchev–Trinajstić information content (AvgIpc) is 2.86. The second kappa shape index (κ2) is 9.00. The van der Waals surface area contributed by atoms with Crippen LogP contribution in [0.2, 0.25) is 0 Å². The molecule has 1 aliphatic rings. The zero-order valence-corrected chi connectivity index (χ0v) is 17.5. The highest BCUT2D eigenvalue weighted by molar-refractivity contribution is 5.98. The van der Waals surface area contributed by atoms with Crippen molar-refractivity contribution < 1.29 is 14.3 Å². The third-order valence-electron chi connectivity index (χ3n) is 6.24. The van der Waals surface area contributed by atoms with E-state index in [2.05, 4.69) is 5.32 Å². The van der Waals surface area contributed by atoms with Crippen molar-refractivity contribution >= 4 is 16.9 Å². The van der Waals surface area contributed by atoms with Gasteiger partial charge in [-0.25, -0.2) is 9.18 Å². The summed E-state index contributed by atoms with van der Waals surface area (Å²) in [4.78, 5) is 12.3. The minimum absolute atomic E-state index is 0.192. The molecule has 1 aromatic heterocycles. The first kappa shape index (κ1) is 20.6. The number of hydrogen-bond donors (Lipinski definition) is 2. The highest BCUT2D eigenvalue weighted by Crippen LogP contribution is 2.29. The number of aromatic nitrogens is 1. The smallest absolute Gasteiger partial charge is 0.352 e. The molecule has 0 radical (unpaired) electrons. The maximum atomic E-state index is 14.4. The van der Waals surface area contributed by atoms with Crippen molar-refractivity contribution in [2.45, 2.75) is 64.6 Å². The molecule has 158 valence electrons. The van der Waals surface area contributed by atoms with Crippen LogP contribution in [0, 0.1) is 12.7 Å². The number of hydrogen-bond acceptors (Lipinski definition) is 2. The molecule has 0 unspecified atom stereocenters. The lowest BCUT2D eigenvalue weighted by atomic mass is 10.1. The summed E-state index contributed by atoms with van der Waals surface area (Å²) in [6, 6.07) is 13.0. The number of carbonyl (C=O) groups is 1. The topological polar surface area (TPSA) is 54.3 Å². The van der Waals surface area contributed by atoms with Gasteiger partial charge in [0.2, 0.25) is 0 Å². The Kier molecular flexibility index (Phi) is 6.18. The third-order valence-corrected chi connectivity index (χ3v) is 6.24. The monoisotopic (exact) mass is 408 g/mol. The molecule has 3 aromatic rings. The molecular formula is C25H29FN2O2. The summed E-state index contributed by atoms with van der Waals surface area (Å²) >= 11 is 0. The second-order valence-electron chi connectivity index (χ2n) is 8.40. The average molecular weight is 409 g/mol. The van der Waals surface area contributed by atoms with Crippen LogP contribution in [-0.4, -0.2) is 21.7 Å². The van der Waals surface area contributed by atoms with Crippen LogP contribution in [0.1, 0.15) is 65.7 Å². The van der Waals surface area contributed by atoms with Crippen LogP contribution in [0.15, 0.2) is 42.5 Å². The summed E-state index contributed by atoms with van der Waals surface area (Å²) in [6.45, 7) is 2.69. The van der Waals surface area contributed by atoms with E-state index in [1.165, 1.54) is 31.7 Å². The van der Waals surface area contributed by atoms with Gasteiger partial charge >= 0.3 is 5.97 Å². The van der Waals surface area contributed by atoms with Crippen LogP contribution < -0.4 is 5.32 Å². The maximum Gasteiger partial charge on any atom is 0.352 e. The molecular weight excluding hydrogens is 379 g/mol. The van der Waals surface area contributed by atoms with Crippen LogP contribution in [0.25, 0.3) is 10.9 Å². The first-order valence-electron chi connectivity index (χ1n) is 10.9. The lowest BCUT2D eigenvalue weighted by Gasteiger charge is -2.16. The summed E-state index contributed by atoms with van der Waals surface area (Å²) in [7, 11) is 0. The molecule has 0 amide bonds. The lowest BCUT2D eigenvalue weighted by Crippen LogP contribution is -2.28. The Labute approximate surface area is 176 Å². The molecule has 2 aromatic carbocycles. The Bertz CT molecular complexity index is 1050. The Hall–Kier alpha value is -2.66. The van der Waals surface area contributed by atoms with E-state index in [4.69, 9.17) is 0 Å². The fourth-order valence-corrected chi connectivity index (χ4v) is 4.65. The fourth-order valence-electron chi connectivity index (χ4n) is 4.65. The van der Waals surface area contributed by atoms with E-state index >= 15 is 0 Å². The molecule has 30 heavy (non-hydrogen) atoms. The Morgan fingerprint density at radius 3 is 2.57 bits per heavy atom. The van der Waals surface area contributed by atoms with Gasteiger partial charge in [-0.2, -0.15) is 0 Å². The van der Waals surface area contributed by atoms with E-state index in [-0.39, 0.29) is 18.1 Å². The number of halogens is 1. The molecule has 5 heteroatoms. The van der Waals surface area contributed by atoms with Gasteiger partial charge in [-0.1, -0.05) is 56.0 Å². The summed E-state index contributed by atoms with van der Waals surface area (Å²) in [6.07, 6.45) is 7.26. The van der Waals surface area contributed by atoms with Gasteiger partial charge in [0.05, 0.1) is 6.54 Å². The molecule has 0 aliphatic heterocycles. The summed E-state index contributed by atoms with van der Waals surface area (Å²) in [5.41, 5.74) is 3.42. The van der Waals surface area contributed by atoms with Crippen molar-refractivity contribution in [3.8, 4) is 0 Å². The molecule has 0 spiro atoms. The quantitative estimate of drug-likeness (QED) is 0.519. The van der Waals surface area contributed by atoms with Gasteiger partial charge < -0.3 is 15.0 Å². The van der Waals surface area contributed by atoms with Gasteiger partial charge in [-0.05, 0) is 37.5 Å². The number of nitrogens with zero attached hydrogens (tertiary/aromatic N) is 1. The number of benzene rings is 2. The van der Waals surface area contributed by atoms with E-state index in [0.29, 0.717) is 18.2 Å². The number of rotatable bonds is 6. The molecule has 1 saturated carbocycles. The molecule has 1 aliphatic carbocycles. The van der Waals surface area contributed by atoms with Gasteiger partial charge in [0.1, 0.15) is 11.5 Å². The van der Waals surface area contributed by atoms with Crippen molar-refractivity contribution in [1.82, 2.24) is 9.88 Å². The summed E-state index contributed by atoms with van der Waals surface area (Å²) < 4.78 is 16.1. The van der Waals surface area contributed by atoms with Crippen molar-refractivity contribution in [2.75, 3.05) is 0 Å². The number of nitrogens with one attached hydrogen (secondary N) is 1. The summed E-state index contributed by atoms with van der Waals surface area (Å²) in [5, 5.41) is 14.6. The van der Waals surface area contributed by atoms with E-state index in [1.807, 2.05) is 25.1 Å². The Morgan fingerprint density at radius 1 is 1.13 bits per heavy atom. The Morgan fingerprint density at radius 2 is 1.87 bits per heavy atom. The van der Waals surface area contributed by atoms with Gasteiger partial charge in [0.15, 0.2) is 0 Å². The molecule has 4 rings (SSSR count). The molecule has 1 heterocycles. The highest BCUT2D eigenvalue weighted by atomic mass is 19.1. The molecule has 1 fully saturated rings. The van der Waals surface area contributed by atoms with Gasteiger partial charge in [-0.15, -0.1) is 0 Å². The minimum atomic E-state index is -0.974. The fraction of sp³-hybridized carbons (Fsp3) is 0.400. The van der Waals surface area contributed by atoms with Crippen LogP contribution in [0.3, 0.4) is 0 Å². The van der Waals surface area contributed by atoms with Crippen LogP contribution in [-0.2, 0) is 13.1 Å². The van der Waals surface area contributed by atoms with Crippen LogP contribution in [0.5, 0.6) is 0 Å². The third kappa shape index (κ3) is 4.26. The molecule has 0 bridgehead atoms. The highest BCUT2D eigenvalue weighted by Gasteiger charge is 2.24. The normalized spacial score (nSPS) is 15.4. The van der Waals surface area contributed by atoms with Gasteiger partial charge in [-0.3, -0.25) is 0 Å². The van der Waals surface area contributed by atoms with Crippen molar-refractivity contribution in [2.24, 2.45) is 0 Å². The van der Waals surface area contributed by atoms with Gasteiger partial charge in [0, 0.05) is 34.6 Å². The number of fused-ring (bicyclic) bond motifs is 1. The van der Waals surface area contributed by atoms with Crippen LogP contribution in [0.4, 0.5) is 4.39 Å². The second-order valence-corrected chi connectivity index (χ2v) is 8.40.